The van der Waals surface area contributed by atoms with E-state index >= 15 is 0 Å². The highest BCUT2D eigenvalue weighted by molar-refractivity contribution is 6.11. The van der Waals surface area contributed by atoms with Crippen LogP contribution in [-0.4, -0.2) is 0 Å². The molecule has 0 aliphatic heterocycles. The summed E-state index contributed by atoms with van der Waals surface area (Å²) >= 11 is 0. The lowest BCUT2D eigenvalue weighted by atomic mass is 9.69. The average Bonchev–Trinajstić information content (AvgIpc) is 3.86. The maximum atomic E-state index is 9.93. The SMILES string of the molecule is [C-]#[N+]c1cccc(N(c2ccccc2)c2ccc3c4c(ccc3c2)-c2cc3ccc(N(c5ccccc5)c5cccc(C#N)c5)cc3cc2C42c3ccccc3-c3c2ccc2ccccc32)c1. The van der Waals surface area contributed by atoms with Crippen LogP contribution in [0.25, 0.3) is 59.4 Å². The largest absolute Gasteiger partial charge is 0.312 e. The van der Waals surface area contributed by atoms with Crippen molar-refractivity contribution in [1.29, 1.82) is 5.26 Å². The lowest BCUT2D eigenvalue weighted by molar-refractivity contribution is 0.803. The van der Waals surface area contributed by atoms with E-state index in [9.17, 15) is 5.26 Å². The van der Waals surface area contributed by atoms with E-state index in [4.69, 9.17) is 6.57 Å². The summed E-state index contributed by atoms with van der Waals surface area (Å²) in [6, 6.07) is 84.6. The van der Waals surface area contributed by atoms with Crippen molar-refractivity contribution in [2.45, 2.75) is 5.41 Å². The van der Waals surface area contributed by atoms with Crippen LogP contribution in [0, 0.1) is 17.9 Å². The van der Waals surface area contributed by atoms with Crippen LogP contribution in [0.2, 0.25) is 0 Å². The van der Waals surface area contributed by atoms with E-state index in [1.165, 1.54) is 60.7 Å². The molecule has 310 valence electrons. The number of rotatable bonds is 6. The number of nitrogens with zero attached hydrogens (tertiary/aromatic N) is 4. The van der Waals surface area contributed by atoms with Crippen LogP contribution >= 0.6 is 0 Å². The molecule has 1 spiro atoms. The molecule has 0 N–H and O–H groups in total. The molecule has 2 aliphatic carbocycles. The van der Waals surface area contributed by atoms with Crippen LogP contribution in [0.5, 0.6) is 0 Å². The van der Waals surface area contributed by atoms with Crippen molar-refractivity contribution < 1.29 is 0 Å². The summed E-state index contributed by atoms with van der Waals surface area (Å²) in [7, 11) is 0. The predicted octanol–water partition coefficient (Wildman–Crippen LogP) is 16.9. The number of hydrogen-bond donors (Lipinski definition) is 0. The fraction of sp³-hybridized carbons (Fsp3) is 0.0159. The van der Waals surface area contributed by atoms with Crippen molar-refractivity contribution >= 4 is 72.1 Å². The summed E-state index contributed by atoms with van der Waals surface area (Å²) in [5.41, 5.74) is 16.7. The fourth-order valence-electron chi connectivity index (χ4n) is 11.2. The second-order valence-corrected chi connectivity index (χ2v) is 17.5. The van der Waals surface area contributed by atoms with Gasteiger partial charge in [0.25, 0.3) is 0 Å². The molecular weight excluding hydrogens is 813 g/mol. The first-order valence-corrected chi connectivity index (χ1v) is 22.6. The molecule has 0 aromatic heterocycles. The van der Waals surface area contributed by atoms with E-state index < -0.39 is 5.41 Å². The van der Waals surface area contributed by atoms with Crippen molar-refractivity contribution in [2.75, 3.05) is 9.80 Å². The molecule has 0 saturated heterocycles. The first-order chi connectivity index (χ1) is 33.1. The number of nitriles is 1. The van der Waals surface area contributed by atoms with Gasteiger partial charge < -0.3 is 9.80 Å². The maximum absolute atomic E-state index is 9.93. The number of fused-ring (bicyclic) bond motifs is 15. The predicted molar refractivity (Wildman–Crippen MR) is 276 cm³/mol. The minimum absolute atomic E-state index is 0.600. The molecule has 67 heavy (non-hydrogen) atoms. The van der Waals surface area contributed by atoms with Gasteiger partial charge in [0.05, 0.1) is 23.6 Å². The van der Waals surface area contributed by atoms with Gasteiger partial charge in [0.2, 0.25) is 0 Å². The number of para-hydroxylation sites is 2. The Bertz CT molecular complexity index is 3920. The van der Waals surface area contributed by atoms with Gasteiger partial charge in [-0.05, 0) is 168 Å². The number of benzene rings is 11. The molecule has 1 atom stereocenters. The van der Waals surface area contributed by atoms with Gasteiger partial charge in [0.1, 0.15) is 0 Å². The highest BCUT2D eigenvalue weighted by atomic mass is 15.1. The maximum Gasteiger partial charge on any atom is 0.189 e. The zero-order valence-corrected chi connectivity index (χ0v) is 36.2. The Kier molecular flexibility index (Phi) is 8.52. The van der Waals surface area contributed by atoms with Crippen molar-refractivity contribution in [3.05, 3.63) is 270 Å². The molecule has 0 radical (unpaired) electrons. The van der Waals surface area contributed by atoms with E-state index in [0.29, 0.717) is 11.3 Å². The molecule has 13 rings (SSSR count). The Hall–Kier alpha value is -9.22. The van der Waals surface area contributed by atoms with Crippen LogP contribution < -0.4 is 9.80 Å². The Balaban J connectivity index is 1.08. The summed E-state index contributed by atoms with van der Waals surface area (Å²) in [6.45, 7) is 7.81. The molecule has 0 amide bonds. The molecule has 4 heteroatoms. The first kappa shape index (κ1) is 38.3. The zero-order chi connectivity index (χ0) is 44.6. The third kappa shape index (κ3) is 5.71. The quantitative estimate of drug-likeness (QED) is 0.156. The monoisotopic (exact) mass is 850 g/mol. The molecule has 0 saturated carbocycles. The fourth-order valence-corrected chi connectivity index (χ4v) is 11.2. The van der Waals surface area contributed by atoms with Crippen molar-refractivity contribution in [3.63, 3.8) is 0 Å². The summed E-state index contributed by atoms with van der Waals surface area (Å²) in [5, 5.41) is 17.0. The van der Waals surface area contributed by atoms with Crippen LogP contribution in [0.3, 0.4) is 0 Å². The molecule has 4 nitrogen and oxygen atoms in total. The van der Waals surface area contributed by atoms with Crippen LogP contribution in [-0.2, 0) is 5.41 Å². The van der Waals surface area contributed by atoms with Crippen molar-refractivity contribution in [2.24, 2.45) is 0 Å². The normalized spacial score (nSPS) is 14.0. The Morgan fingerprint density at radius 1 is 0.388 bits per heavy atom. The minimum Gasteiger partial charge on any atom is -0.312 e. The van der Waals surface area contributed by atoms with Crippen LogP contribution in [0.1, 0.15) is 27.8 Å². The van der Waals surface area contributed by atoms with Crippen LogP contribution in [0.15, 0.2) is 231 Å². The van der Waals surface area contributed by atoms with Gasteiger partial charge in [-0.2, -0.15) is 5.26 Å². The standard InChI is InChI=1S/C63H38N4/c1-65-46-16-13-22-50(39-46)67(48-19-6-3-7-20-48)52-30-32-54-44(35-52)27-31-55-57-37-43-26-29-51(66(47-17-4-2-5-18-47)49-21-12-14-41(34-49)40-64)36-45(43)38-60(57)63(62(54)55)58-25-11-10-24-56(58)61-53-23-9-8-15-42(53)28-33-59(61)63/h2-39H. The molecule has 0 fully saturated rings. The summed E-state index contributed by atoms with van der Waals surface area (Å²) in [4.78, 5) is 8.27. The molecule has 11 aromatic carbocycles. The van der Waals surface area contributed by atoms with Crippen LogP contribution in [0.4, 0.5) is 39.8 Å². The van der Waals surface area contributed by atoms with E-state index in [1.54, 1.807) is 0 Å². The van der Waals surface area contributed by atoms with E-state index in [0.717, 1.165) is 50.3 Å². The Morgan fingerprint density at radius 3 is 1.79 bits per heavy atom. The Labute approximate surface area is 388 Å². The smallest absolute Gasteiger partial charge is 0.189 e. The first-order valence-electron chi connectivity index (χ1n) is 22.6. The molecule has 11 aromatic rings. The minimum atomic E-state index is -0.630. The zero-order valence-electron chi connectivity index (χ0n) is 36.2. The van der Waals surface area contributed by atoms with Gasteiger partial charge in [-0.25, -0.2) is 4.85 Å². The van der Waals surface area contributed by atoms with Gasteiger partial charge in [-0.3, -0.25) is 0 Å². The van der Waals surface area contributed by atoms with Gasteiger partial charge in [0, 0.05) is 34.1 Å². The van der Waals surface area contributed by atoms with E-state index in [1.807, 2.05) is 48.5 Å². The average molecular weight is 851 g/mol. The molecule has 2 aliphatic rings. The lowest BCUT2D eigenvalue weighted by Gasteiger charge is -2.32. The number of anilines is 6. The van der Waals surface area contributed by atoms with Gasteiger partial charge >= 0.3 is 0 Å². The summed E-state index contributed by atoms with van der Waals surface area (Å²) in [6.07, 6.45) is 0. The number of hydrogen-bond acceptors (Lipinski definition) is 3. The Morgan fingerprint density at radius 2 is 1.01 bits per heavy atom. The second-order valence-electron chi connectivity index (χ2n) is 17.5. The third-order valence-electron chi connectivity index (χ3n) is 14.0. The molecule has 0 heterocycles. The summed E-state index contributed by atoms with van der Waals surface area (Å²) < 4.78 is 0. The van der Waals surface area contributed by atoms with Gasteiger partial charge in [-0.15, -0.1) is 0 Å². The lowest BCUT2D eigenvalue weighted by Crippen LogP contribution is -2.26. The van der Waals surface area contributed by atoms with Gasteiger partial charge in [0.15, 0.2) is 5.69 Å². The highest BCUT2D eigenvalue weighted by Gasteiger charge is 2.53. The third-order valence-corrected chi connectivity index (χ3v) is 14.0. The van der Waals surface area contributed by atoms with E-state index in [-0.39, 0.29) is 0 Å². The highest BCUT2D eigenvalue weighted by Crippen LogP contribution is 2.65. The van der Waals surface area contributed by atoms with Crippen molar-refractivity contribution in [1.82, 2.24) is 0 Å². The second kappa shape index (κ2) is 14.9. The summed E-state index contributed by atoms with van der Waals surface area (Å²) in [5.74, 6) is 0. The van der Waals surface area contributed by atoms with Crippen molar-refractivity contribution in [3.8, 4) is 28.3 Å². The molecular formula is C63H38N4. The van der Waals surface area contributed by atoms with E-state index in [2.05, 4.69) is 203 Å². The molecule has 0 bridgehead atoms. The molecule has 1 unspecified atom stereocenters. The topological polar surface area (TPSA) is 34.6 Å². The van der Waals surface area contributed by atoms with Gasteiger partial charge in [-0.1, -0.05) is 140 Å².